The number of fused-ring (bicyclic) bond motifs is 1. The van der Waals surface area contributed by atoms with Crippen LogP contribution in [0.2, 0.25) is 0 Å². The lowest BCUT2D eigenvalue weighted by Crippen LogP contribution is -2.35. The van der Waals surface area contributed by atoms with Crippen molar-refractivity contribution in [3.63, 3.8) is 0 Å². The predicted octanol–water partition coefficient (Wildman–Crippen LogP) is 1.12. The fourth-order valence-electron chi connectivity index (χ4n) is 1.79. The van der Waals surface area contributed by atoms with E-state index in [-0.39, 0.29) is 6.61 Å². The van der Waals surface area contributed by atoms with Gasteiger partial charge in [-0.3, -0.25) is 4.98 Å². The molecule has 0 spiro atoms. The van der Waals surface area contributed by atoms with E-state index in [1.54, 1.807) is 6.20 Å². The minimum atomic E-state index is -0.587. The molecule has 2 aromatic heterocycles. The number of nitrogens with zero attached hydrogens (tertiary/aromatic N) is 1. The molecule has 0 radical (unpaired) electrons. The lowest BCUT2D eigenvalue weighted by Gasteiger charge is -2.23. The first-order valence-corrected chi connectivity index (χ1v) is 4.97. The topological polar surface area (TPSA) is 74.9 Å². The number of hydrogen-bond donors (Lipinski definition) is 3. The zero-order valence-electron chi connectivity index (χ0n) is 8.70. The average Bonchev–Trinajstić information content (AvgIpc) is 2.64. The lowest BCUT2D eigenvalue weighted by molar-refractivity contribution is 0.246. The predicted molar refractivity (Wildman–Crippen MR) is 59.3 cm³/mol. The Kier molecular flexibility index (Phi) is 2.46. The van der Waals surface area contributed by atoms with Crippen LogP contribution < -0.4 is 5.73 Å². The van der Waals surface area contributed by atoms with Crippen molar-refractivity contribution in [1.29, 1.82) is 0 Å². The molecule has 0 aromatic carbocycles. The second kappa shape index (κ2) is 3.64. The van der Waals surface area contributed by atoms with Crippen LogP contribution in [0, 0.1) is 0 Å². The van der Waals surface area contributed by atoms with Gasteiger partial charge in [-0.15, -0.1) is 0 Å². The fourth-order valence-corrected chi connectivity index (χ4v) is 1.79. The largest absolute Gasteiger partial charge is 0.396 e. The summed E-state index contributed by atoms with van der Waals surface area (Å²) in [6.45, 7) is 1.95. The van der Waals surface area contributed by atoms with Crippen LogP contribution in [-0.2, 0) is 5.54 Å². The Bertz CT molecular complexity index is 462. The van der Waals surface area contributed by atoms with Crippen molar-refractivity contribution in [3.05, 3.63) is 30.2 Å². The molecule has 1 atom stereocenters. The first-order chi connectivity index (χ1) is 7.15. The van der Waals surface area contributed by atoms with Gasteiger partial charge in [-0.1, -0.05) is 0 Å². The van der Waals surface area contributed by atoms with Gasteiger partial charge in [0, 0.05) is 29.9 Å². The van der Waals surface area contributed by atoms with E-state index < -0.39 is 5.54 Å². The molecule has 4 heteroatoms. The second-order valence-corrected chi connectivity index (χ2v) is 3.99. The van der Waals surface area contributed by atoms with Crippen molar-refractivity contribution >= 4 is 10.9 Å². The van der Waals surface area contributed by atoms with Crippen LogP contribution in [0.25, 0.3) is 10.9 Å². The summed E-state index contributed by atoms with van der Waals surface area (Å²) in [5, 5.41) is 9.99. The zero-order valence-corrected chi connectivity index (χ0v) is 8.70. The highest BCUT2D eigenvalue weighted by molar-refractivity contribution is 5.82. The van der Waals surface area contributed by atoms with E-state index in [0.717, 1.165) is 16.6 Å². The molecule has 15 heavy (non-hydrogen) atoms. The number of nitrogens with one attached hydrogen (secondary N) is 1. The maximum atomic E-state index is 8.97. The van der Waals surface area contributed by atoms with Crippen LogP contribution in [0.4, 0.5) is 0 Å². The average molecular weight is 205 g/mol. The Morgan fingerprint density at radius 3 is 3.07 bits per heavy atom. The van der Waals surface area contributed by atoms with Crippen LogP contribution in [0.15, 0.2) is 24.5 Å². The summed E-state index contributed by atoms with van der Waals surface area (Å²) in [4.78, 5) is 7.43. The van der Waals surface area contributed by atoms with Gasteiger partial charge in [0.15, 0.2) is 0 Å². The van der Waals surface area contributed by atoms with Crippen LogP contribution in [0.1, 0.15) is 19.0 Å². The number of rotatable bonds is 3. The van der Waals surface area contributed by atoms with Crippen molar-refractivity contribution in [2.75, 3.05) is 6.61 Å². The normalized spacial score (nSPS) is 15.4. The van der Waals surface area contributed by atoms with E-state index in [4.69, 9.17) is 10.8 Å². The van der Waals surface area contributed by atoms with Gasteiger partial charge >= 0.3 is 0 Å². The van der Waals surface area contributed by atoms with E-state index in [1.807, 2.05) is 25.3 Å². The first-order valence-electron chi connectivity index (χ1n) is 4.97. The molecule has 2 rings (SSSR count). The third-order valence-corrected chi connectivity index (χ3v) is 2.65. The monoisotopic (exact) mass is 205 g/mol. The number of hydrogen-bond acceptors (Lipinski definition) is 3. The molecule has 4 nitrogen and oxygen atoms in total. The smallest absolute Gasteiger partial charge is 0.0694 e. The number of nitrogens with two attached hydrogens (primary N) is 1. The maximum absolute atomic E-state index is 8.97. The van der Waals surface area contributed by atoms with Gasteiger partial charge in [-0.25, -0.2) is 0 Å². The highest BCUT2D eigenvalue weighted by atomic mass is 16.3. The summed E-state index contributed by atoms with van der Waals surface area (Å²) in [5.41, 5.74) is 7.40. The van der Waals surface area contributed by atoms with Crippen LogP contribution in [0.3, 0.4) is 0 Å². The van der Waals surface area contributed by atoms with E-state index in [1.165, 1.54) is 0 Å². The van der Waals surface area contributed by atoms with Gasteiger partial charge in [0.05, 0.1) is 11.2 Å². The molecule has 4 N–H and O–H groups in total. The standard InChI is InChI=1S/C11H15N3O/c1-11(12,4-7-15)10-8-2-5-13-9(8)3-6-14-10/h2-3,5-6,13,15H,4,7,12H2,1H3/t11-/m1/s1. The Balaban J connectivity index is 2.55. The number of aromatic amines is 1. The molecule has 0 aliphatic rings. The number of aliphatic hydroxyl groups excluding tert-OH is 1. The molecule has 0 aliphatic carbocycles. The first kappa shape index (κ1) is 10.1. The summed E-state index contributed by atoms with van der Waals surface area (Å²) >= 11 is 0. The quantitative estimate of drug-likeness (QED) is 0.702. The van der Waals surface area contributed by atoms with Gasteiger partial charge in [0.1, 0.15) is 0 Å². The molecular weight excluding hydrogens is 190 g/mol. The minimum Gasteiger partial charge on any atom is -0.396 e. The van der Waals surface area contributed by atoms with Crippen molar-refractivity contribution in [1.82, 2.24) is 9.97 Å². The third kappa shape index (κ3) is 1.73. The molecule has 0 fully saturated rings. The van der Waals surface area contributed by atoms with Crippen molar-refractivity contribution in [3.8, 4) is 0 Å². The number of H-pyrrole nitrogens is 1. The highest BCUT2D eigenvalue weighted by Gasteiger charge is 2.24. The molecule has 0 unspecified atom stereocenters. The number of aromatic nitrogens is 2. The van der Waals surface area contributed by atoms with E-state index >= 15 is 0 Å². The summed E-state index contributed by atoms with van der Waals surface area (Å²) < 4.78 is 0. The Labute approximate surface area is 88.1 Å². The van der Waals surface area contributed by atoms with Crippen LogP contribution >= 0.6 is 0 Å². The van der Waals surface area contributed by atoms with E-state index in [2.05, 4.69) is 9.97 Å². The fraction of sp³-hybridized carbons (Fsp3) is 0.364. The SMILES string of the molecule is C[C@@](N)(CCO)c1nccc2[nH]ccc12. The molecule has 0 saturated carbocycles. The second-order valence-electron chi connectivity index (χ2n) is 3.99. The summed E-state index contributed by atoms with van der Waals surface area (Å²) in [6, 6.07) is 3.87. The van der Waals surface area contributed by atoms with Crippen molar-refractivity contribution in [2.24, 2.45) is 5.73 Å². The Hall–Kier alpha value is -1.39. The summed E-state index contributed by atoms with van der Waals surface area (Å²) in [5.74, 6) is 0. The van der Waals surface area contributed by atoms with E-state index in [0.29, 0.717) is 6.42 Å². The number of aliphatic hydroxyl groups is 1. The molecule has 0 saturated heterocycles. The molecule has 80 valence electrons. The highest BCUT2D eigenvalue weighted by Crippen LogP contribution is 2.26. The Morgan fingerprint density at radius 1 is 1.53 bits per heavy atom. The summed E-state index contributed by atoms with van der Waals surface area (Å²) in [6.07, 6.45) is 4.10. The molecule has 0 amide bonds. The third-order valence-electron chi connectivity index (χ3n) is 2.65. The lowest BCUT2D eigenvalue weighted by atomic mass is 9.92. The Morgan fingerprint density at radius 2 is 2.33 bits per heavy atom. The van der Waals surface area contributed by atoms with Crippen molar-refractivity contribution in [2.45, 2.75) is 18.9 Å². The zero-order chi connectivity index (χ0) is 10.9. The van der Waals surface area contributed by atoms with Gasteiger partial charge in [0.2, 0.25) is 0 Å². The van der Waals surface area contributed by atoms with Gasteiger partial charge in [-0.05, 0) is 25.5 Å². The molecule has 0 aliphatic heterocycles. The molecule has 2 heterocycles. The van der Waals surface area contributed by atoms with Crippen molar-refractivity contribution < 1.29 is 5.11 Å². The van der Waals surface area contributed by atoms with Crippen LogP contribution in [0.5, 0.6) is 0 Å². The van der Waals surface area contributed by atoms with Crippen LogP contribution in [-0.4, -0.2) is 21.7 Å². The molecule has 0 bridgehead atoms. The minimum absolute atomic E-state index is 0.0650. The molecule has 2 aromatic rings. The van der Waals surface area contributed by atoms with E-state index in [9.17, 15) is 0 Å². The molecular formula is C11H15N3O. The number of pyridine rings is 1. The van der Waals surface area contributed by atoms with Gasteiger partial charge in [-0.2, -0.15) is 0 Å². The van der Waals surface area contributed by atoms with Gasteiger partial charge in [0.25, 0.3) is 0 Å². The maximum Gasteiger partial charge on any atom is 0.0694 e. The van der Waals surface area contributed by atoms with Gasteiger partial charge < -0.3 is 15.8 Å². The summed E-state index contributed by atoms with van der Waals surface area (Å²) in [7, 11) is 0.